The van der Waals surface area contributed by atoms with Gasteiger partial charge in [-0.15, -0.1) is 0 Å². The number of rotatable bonds is 5. The maximum atomic E-state index is 3.52. The van der Waals surface area contributed by atoms with Crippen LogP contribution in [0.3, 0.4) is 0 Å². The Morgan fingerprint density at radius 2 is 2.12 bits per heavy atom. The zero-order valence-electron chi connectivity index (χ0n) is 10.2. The van der Waals surface area contributed by atoms with Crippen LogP contribution in [0.25, 0.3) is 0 Å². The van der Waals surface area contributed by atoms with Crippen LogP contribution in [0, 0.1) is 5.92 Å². The highest BCUT2D eigenvalue weighted by Gasteiger charge is 2.18. The lowest BCUT2D eigenvalue weighted by Gasteiger charge is -2.11. The summed E-state index contributed by atoms with van der Waals surface area (Å²) in [6.45, 7) is 4.72. The highest BCUT2D eigenvalue weighted by atomic mass is 15.1. The number of likely N-dealkylation sites (tertiary alicyclic amines) is 1. The van der Waals surface area contributed by atoms with Crippen LogP contribution in [0.2, 0.25) is 0 Å². The second-order valence-electron chi connectivity index (χ2n) is 4.87. The minimum absolute atomic E-state index is 0.910. The topological polar surface area (TPSA) is 15.3 Å². The van der Waals surface area contributed by atoms with E-state index in [-0.39, 0.29) is 0 Å². The van der Waals surface area contributed by atoms with Crippen LogP contribution in [0.4, 0.5) is 0 Å². The molecule has 1 fully saturated rings. The Morgan fingerprint density at radius 1 is 1.31 bits per heavy atom. The van der Waals surface area contributed by atoms with E-state index in [0.29, 0.717) is 0 Å². The number of benzene rings is 1. The van der Waals surface area contributed by atoms with E-state index in [0.717, 1.165) is 19.0 Å². The Bertz CT molecular complexity index is 297. The van der Waals surface area contributed by atoms with Gasteiger partial charge in [0, 0.05) is 13.1 Å². The minimum atomic E-state index is 0.910. The smallest absolute Gasteiger partial charge is 0.0205 e. The van der Waals surface area contributed by atoms with Crippen LogP contribution in [-0.2, 0) is 6.54 Å². The van der Waals surface area contributed by atoms with Crippen molar-refractivity contribution >= 4 is 0 Å². The first-order chi connectivity index (χ1) is 7.84. The maximum absolute atomic E-state index is 3.52. The molecule has 88 valence electrons. The van der Waals surface area contributed by atoms with Gasteiger partial charge < -0.3 is 10.2 Å². The van der Waals surface area contributed by atoms with E-state index in [4.69, 9.17) is 0 Å². The summed E-state index contributed by atoms with van der Waals surface area (Å²) in [5.41, 5.74) is 1.38. The minimum Gasteiger partial charge on any atom is -0.313 e. The Morgan fingerprint density at radius 3 is 2.81 bits per heavy atom. The van der Waals surface area contributed by atoms with E-state index in [9.17, 15) is 0 Å². The average Bonchev–Trinajstić information content (AvgIpc) is 2.72. The summed E-state index contributed by atoms with van der Waals surface area (Å²) in [4.78, 5) is 2.43. The Balaban J connectivity index is 1.59. The van der Waals surface area contributed by atoms with Crippen LogP contribution >= 0.6 is 0 Å². The van der Waals surface area contributed by atoms with Crippen LogP contribution in [-0.4, -0.2) is 31.6 Å². The third kappa shape index (κ3) is 3.62. The molecule has 0 radical (unpaired) electrons. The van der Waals surface area contributed by atoms with Crippen molar-refractivity contribution in [3.8, 4) is 0 Å². The SMILES string of the molecule is CN1CCC(CCNCc2ccccc2)C1. The molecule has 1 aromatic rings. The molecule has 0 spiro atoms. The highest BCUT2D eigenvalue weighted by molar-refractivity contribution is 5.14. The first-order valence-electron chi connectivity index (χ1n) is 6.28. The van der Waals surface area contributed by atoms with Gasteiger partial charge in [0.05, 0.1) is 0 Å². The monoisotopic (exact) mass is 218 g/mol. The normalized spacial score (nSPS) is 21.4. The highest BCUT2D eigenvalue weighted by Crippen LogP contribution is 2.16. The van der Waals surface area contributed by atoms with E-state index < -0.39 is 0 Å². The lowest BCUT2D eigenvalue weighted by Crippen LogP contribution is -2.19. The van der Waals surface area contributed by atoms with Gasteiger partial charge in [-0.1, -0.05) is 30.3 Å². The molecule has 1 aromatic carbocycles. The third-order valence-electron chi connectivity index (χ3n) is 3.39. The zero-order valence-corrected chi connectivity index (χ0v) is 10.2. The van der Waals surface area contributed by atoms with E-state index in [1.807, 2.05) is 0 Å². The molecule has 0 aromatic heterocycles. The predicted molar refractivity (Wildman–Crippen MR) is 68.4 cm³/mol. The molecule has 1 atom stereocenters. The molecular formula is C14H22N2. The van der Waals surface area contributed by atoms with Gasteiger partial charge in [-0.2, -0.15) is 0 Å². The van der Waals surface area contributed by atoms with Crippen molar-refractivity contribution in [2.24, 2.45) is 5.92 Å². The molecule has 16 heavy (non-hydrogen) atoms. The lowest BCUT2D eigenvalue weighted by molar-refractivity contribution is 0.385. The quantitative estimate of drug-likeness (QED) is 0.762. The van der Waals surface area contributed by atoms with Crippen molar-refractivity contribution in [3.05, 3.63) is 35.9 Å². The first-order valence-corrected chi connectivity index (χ1v) is 6.28. The van der Waals surface area contributed by atoms with Crippen molar-refractivity contribution in [1.82, 2.24) is 10.2 Å². The standard InChI is InChI=1S/C14H22N2/c1-16-10-8-14(12-16)7-9-15-11-13-5-3-2-4-6-13/h2-6,14-15H,7-12H2,1H3. The summed E-state index contributed by atoms with van der Waals surface area (Å²) in [5.74, 6) is 0.910. The van der Waals surface area contributed by atoms with Gasteiger partial charge in [0.15, 0.2) is 0 Å². The molecule has 2 nitrogen and oxygen atoms in total. The summed E-state index contributed by atoms with van der Waals surface area (Å²) >= 11 is 0. The molecule has 2 heteroatoms. The number of nitrogens with one attached hydrogen (secondary N) is 1. The summed E-state index contributed by atoms with van der Waals surface area (Å²) in [7, 11) is 2.22. The van der Waals surface area contributed by atoms with Crippen molar-refractivity contribution in [3.63, 3.8) is 0 Å². The van der Waals surface area contributed by atoms with Gasteiger partial charge in [0.25, 0.3) is 0 Å². The fourth-order valence-electron chi connectivity index (χ4n) is 2.40. The second-order valence-corrected chi connectivity index (χ2v) is 4.87. The van der Waals surface area contributed by atoms with Gasteiger partial charge in [-0.3, -0.25) is 0 Å². The molecule has 1 N–H and O–H groups in total. The van der Waals surface area contributed by atoms with Crippen LogP contribution in [0.5, 0.6) is 0 Å². The van der Waals surface area contributed by atoms with Gasteiger partial charge in [0.1, 0.15) is 0 Å². The zero-order chi connectivity index (χ0) is 11.2. The van der Waals surface area contributed by atoms with Crippen molar-refractivity contribution in [2.45, 2.75) is 19.4 Å². The Hall–Kier alpha value is -0.860. The molecule has 0 aliphatic carbocycles. The summed E-state index contributed by atoms with van der Waals surface area (Å²) in [5, 5.41) is 3.52. The number of hydrogen-bond acceptors (Lipinski definition) is 2. The molecule has 0 amide bonds. The maximum Gasteiger partial charge on any atom is 0.0205 e. The lowest BCUT2D eigenvalue weighted by atomic mass is 10.1. The molecule has 1 saturated heterocycles. The molecule has 1 aliphatic rings. The first kappa shape index (κ1) is 11.6. The van der Waals surface area contributed by atoms with Crippen LogP contribution in [0.1, 0.15) is 18.4 Å². The number of nitrogens with zero attached hydrogens (tertiary/aromatic N) is 1. The van der Waals surface area contributed by atoms with E-state index >= 15 is 0 Å². The predicted octanol–water partition coefficient (Wildman–Crippen LogP) is 2.12. The summed E-state index contributed by atoms with van der Waals surface area (Å²) in [6, 6.07) is 10.6. The van der Waals surface area contributed by atoms with E-state index in [1.165, 1.54) is 31.5 Å². The van der Waals surface area contributed by atoms with Gasteiger partial charge in [-0.25, -0.2) is 0 Å². The third-order valence-corrected chi connectivity index (χ3v) is 3.39. The van der Waals surface area contributed by atoms with Gasteiger partial charge in [-0.05, 0) is 44.5 Å². The van der Waals surface area contributed by atoms with E-state index in [2.05, 4.69) is 47.6 Å². The molecule has 1 heterocycles. The van der Waals surface area contributed by atoms with E-state index in [1.54, 1.807) is 0 Å². The van der Waals surface area contributed by atoms with Crippen molar-refractivity contribution in [2.75, 3.05) is 26.7 Å². The molecule has 2 rings (SSSR count). The van der Waals surface area contributed by atoms with Crippen molar-refractivity contribution < 1.29 is 0 Å². The summed E-state index contributed by atoms with van der Waals surface area (Å²) in [6.07, 6.45) is 2.70. The summed E-state index contributed by atoms with van der Waals surface area (Å²) < 4.78 is 0. The molecular weight excluding hydrogens is 196 g/mol. The van der Waals surface area contributed by atoms with Gasteiger partial charge >= 0.3 is 0 Å². The largest absolute Gasteiger partial charge is 0.313 e. The molecule has 0 bridgehead atoms. The molecule has 1 unspecified atom stereocenters. The van der Waals surface area contributed by atoms with Crippen molar-refractivity contribution in [1.29, 1.82) is 0 Å². The number of hydrogen-bond donors (Lipinski definition) is 1. The molecule has 0 saturated carbocycles. The molecule has 1 aliphatic heterocycles. The average molecular weight is 218 g/mol. The van der Waals surface area contributed by atoms with Crippen LogP contribution < -0.4 is 5.32 Å². The Kier molecular flexibility index (Phi) is 4.37. The fourth-order valence-corrected chi connectivity index (χ4v) is 2.40. The Labute approximate surface area is 98.7 Å². The van der Waals surface area contributed by atoms with Gasteiger partial charge in [0.2, 0.25) is 0 Å². The van der Waals surface area contributed by atoms with Crippen LogP contribution in [0.15, 0.2) is 30.3 Å². The second kappa shape index (κ2) is 6.02. The fraction of sp³-hybridized carbons (Fsp3) is 0.571.